The van der Waals surface area contributed by atoms with Crippen LogP contribution in [0.25, 0.3) is 10.9 Å². The third-order valence-corrected chi connectivity index (χ3v) is 5.78. The molecule has 0 atom stereocenters. The van der Waals surface area contributed by atoms with Crippen LogP contribution in [0.5, 0.6) is 5.75 Å². The summed E-state index contributed by atoms with van der Waals surface area (Å²) in [5.41, 5.74) is 10.1. The first-order valence-electron chi connectivity index (χ1n) is 10.6. The predicted octanol–water partition coefficient (Wildman–Crippen LogP) is 3.69. The van der Waals surface area contributed by atoms with Crippen molar-refractivity contribution in [2.75, 3.05) is 54.1 Å². The zero-order chi connectivity index (χ0) is 21.9. The lowest BCUT2D eigenvalue weighted by Gasteiger charge is -2.37. The summed E-state index contributed by atoms with van der Waals surface area (Å²) in [5.74, 6) is 2.22. The second kappa shape index (κ2) is 8.58. The van der Waals surface area contributed by atoms with Gasteiger partial charge in [0.1, 0.15) is 17.8 Å². The summed E-state index contributed by atoms with van der Waals surface area (Å²) in [6, 6.07) is 18.1. The van der Waals surface area contributed by atoms with Crippen molar-refractivity contribution in [2.24, 2.45) is 0 Å². The van der Waals surface area contributed by atoms with E-state index < -0.39 is 0 Å². The average molecular weight is 428 g/mol. The van der Waals surface area contributed by atoms with Gasteiger partial charge in [0.15, 0.2) is 11.6 Å². The van der Waals surface area contributed by atoms with E-state index in [0.29, 0.717) is 11.5 Å². The molecular formula is C24H25N7O. The Morgan fingerprint density at radius 1 is 0.875 bits per heavy atom. The summed E-state index contributed by atoms with van der Waals surface area (Å²) in [7, 11) is 1.68. The number of aromatic nitrogens is 3. The topological polar surface area (TPSA) is 92.4 Å². The number of piperazine rings is 1. The van der Waals surface area contributed by atoms with Gasteiger partial charge in [0, 0.05) is 49.1 Å². The molecule has 2 aromatic carbocycles. The Kier molecular flexibility index (Phi) is 5.33. The van der Waals surface area contributed by atoms with Crippen LogP contribution < -0.4 is 25.6 Å². The Morgan fingerprint density at radius 3 is 2.44 bits per heavy atom. The second-order valence-electron chi connectivity index (χ2n) is 7.63. The van der Waals surface area contributed by atoms with E-state index in [1.165, 1.54) is 5.69 Å². The van der Waals surface area contributed by atoms with Crippen LogP contribution in [0.3, 0.4) is 0 Å². The molecule has 5 rings (SSSR count). The highest BCUT2D eigenvalue weighted by molar-refractivity contribution is 5.94. The van der Waals surface area contributed by atoms with Crippen molar-refractivity contribution in [1.82, 2.24) is 15.0 Å². The summed E-state index contributed by atoms with van der Waals surface area (Å²) in [6.07, 6.45) is 3.35. The zero-order valence-corrected chi connectivity index (χ0v) is 17.9. The van der Waals surface area contributed by atoms with Crippen LogP contribution in [0.1, 0.15) is 0 Å². The van der Waals surface area contributed by atoms with Crippen molar-refractivity contribution in [3.63, 3.8) is 0 Å². The van der Waals surface area contributed by atoms with Gasteiger partial charge in [0.25, 0.3) is 0 Å². The number of nitrogen functional groups attached to an aromatic ring is 1. The van der Waals surface area contributed by atoms with Gasteiger partial charge in [-0.25, -0.2) is 9.97 Å². The Balaban J connectivity index is 1.33. The van der Waals surface area contributed by atoms with Crippen molar-refractivity contribution in [3.8, 4) is 5.75 Å². The molecule has 0 radical (unpaired) electrons. The minimum Gasteiger partial charge on any atom is -0.497 e. The van der Waals surface area contributed by atoms with Gasteiger partial charge in [-0.3, -0.25) is 4.98 Å². The van der Waals surface area contributed by atoms with E-state index in [9.17, 15) is 0 Å². The molecule has 2 aromatic heterocycles. The van der Waals surface area contributed by atoms with Crippen molar-refractivity contribution >= 4 is 39.6 Å². The molecule has 1 aliphatic heterocycles. The fourth-order valence-electron chi connectivity index (χ4n) is 4.05. The molecule has 0 aliphatic carbocycles. The molecule has 0 unspecified atom stereocenters. The maximum absolute atomic E-state index is 6.51. The lowest BCUT2D eigenvalue weighted by molar-refractivity contribution is 0.415. The van der Waals surface area contributed by atoms with E-state index >= 15 is 0 Å². The standard InChI is InChI=1S/C24H25N7O/c1-32-18-9-7-17(8-10-18)30-12-14-31(15-13-30)24-22(25)23(27-16-28-24)29-21-6-2-5-20-19(21)4-3-11-26-20/h2-11,16H,12-15,25H2,1H3,(H,27,28,29). The fourth-order valence-corrected chi connectivity index (χ4v) is 4.05. The maximum Gasteiger partial charge on any atom is 0.159 e. The maximum atomic E-state index is 6.51. The molecule has 8 heteroatoms. The number of nitrogens with one attached hydrogen (secondary N) is 1. The molecule has 0 amide bonds. The van der Waals surface area contributed by atoms with Crippen LogP contribution in [0, 0.1) is 0 Å². The number of nitrogens with two attached hydrogens (primary N) is 1. The molecule has 1 saturated heterocycles. The predicted molar refractivity (Wildman–Crippen MR) is 129 cm³/mol. The molecule has 4 aromatic rings. The Morgan fingerprint density at radius 2 is 1.66 bits per heavy atom. The number of nitrogens with zero attached hydrogens (tertiary/aromatic N) is 5. The van der Waals surface area contributed by atoms with Crippen molar-refractivity contribution in [2.45, 2.75) is 0 Å². The number of benzene rings is 2. The molecule has 3 N–H and O–H groups in total. The van der Waals surface area contributed by atoms with Gasteiger partial charge < -0.3 is 25.6 Å². The van der Waals surface area contributed by atoms with Gasteiger partial charge in [-0.15, -0.1) is 0 Å². The van der Waals surface area contributed by atoms with Crippen LogP contribution in [0.2, 0.25) is 0 Å². The van der Waals surface area contributed by atoms with E-state index in [4.69, 9.17) is 10.5 Å². The molecule has 0 spiro atoms. The van der Waals surface area contributed by atoms with Crippen LogP contribution >= 0.6 is 0 Å². The molecule has 1 fully saturated rings. The van der Waals surface area contributed by atoms with Crippen LogP contribution in [-0.2, 0) is 0 Å². The molecule has 162 valence electrons. The van der Waals surface area contributed by atoms with Crippen molar-refractivity contribution in [1.29, 1.82) is 0 Å². The normalized spacial score (nSPS) is 13.9. The van der Waals surface area contributed by atoms with E-state index in [-0.39, 0.29) is 0 Å². The SMILES string of the molecule is COc1ccc(N2CCN(c3ncnc(Nc4cccc5ncccc45)c3N)CC2)cc1. The minimum atomic E-state index is 0.547. The Hall–Kier alpha value is -4.07. The third-order valence-electron chi connectivity index (χ3n) is 5.78. The second-order valence-corrected chi connectivity index (χ2v) is 7.63. The number of anilines is 5. The molecule has 3 heterocycles. The van der Waals surface area contributed by atoms with Gasteiger partial charge in [-0.2, -0.15) is 0 Å². The van der Waals surface area contributed by atoms with E-state index in [0.717, 1.165) is 54.3 Å². The average Bonchev–Trinajstić information content (AvgIpc) is 2.86. The number of rotatable bonds is 5. The fraction of sp³-hybridized carbons (Fsp3) is 0.208. The van der Waals surface area contributed by atoms with Crippen LogP contribution in [-0.4, -0.2) is 48.2 Å². The van der Waals surface area contributed by atoms with Gasteiger partial charge >= 0.3 is 0 Å². The summed E-state index contributed by atoms with van der Waals surface area (Å²) < 4.78 is 5.26. The minimum absolute atomic E-state index is 0.547. The number of pyridine rings is 1. The number of hydrogen-bond acceptors (Lipinski definition) is 8. The Labute approximate surface area is 186 Å². The quantitative estimate of drug-likeness (QED) is 0.498. The molecule has 0 bridgehead atoms. The number of ether oxygens (including phenoxy) is 1. The molecule has 0 saturated carbocycles. The smallest absolute Gasteiger partial charge is 0.159 e. The first-order chi connectivity index (χ1) is 15.7. The van der Waals surface area contributed by atoms with Gasteiger partial charge in [-0.05, 0) is 48.5 Å². The van der Waals surface area contributed by atoms with Crippen LogP contribution in [0.4, 0.5) is 28.7 Å². The summed E-state index contributed by atoms with van der Waals surface area (Å²) in [4.78, 5) is 17.9. The lowest BCUT2D eigenvalue weighted by atomic mass is 10.2. The van der Waals surface area contributed by atoms with E-state index in [2.05, 4.69) is 42.2 Å². The summed E-state index contributed by atoms with van der Waals surface area (Å²) >= 11 is 0. The highest BCUT2D eigenvalue weighted by atomic mass is 16.5. The summed E-state index contributed by atoms with van der Waals surface area (Å²) in [6.45, 7) is 3.41. The molecular weight excluding hydrogens is 402 g/mol. The van der Waals surface area contributed by atoms with Gasteiger partial charge in [0.2, 0.25) is 0 Å². The number of methoxy groups -OCH3 is 1. The zero-order valence-electron chi connectivity index (χ0n) is 17.9. The monoisotopic (exact) mass is 427 g/mol. The lowest BCUT2D eigenvalue weighted by Crippen LogP contribution is -2.47. The number of fused-ring (bicyclic) bond motifs is 1. The van der Waals surface area contributed by atoms with Gasteiger partial charge in [0.05, 0.1) is 12.6 Å². The Bertz CT molecular complexity index is 1220. The highest BCUT2D eigenvalue weighted by Gasteiger charge is 2.22. The van der Waals surface area contributed by atoms with Gasteiger partial charge in [-0.1, -0.05) is 6.07 Å². The third kappa shape index (κ3) is 3.82. The number of hydrogen-bond donors (Lipinski definition) is 2. The first-order valence-corrected chi connectivity index (χ1v) is 10.6. The van der Waals surface area contributed by atoms with Crippen molar-refractivity contribution < 1.29 is 4.74 Å². The first kappa shape index (κ1) is 19.9. The van der Waals surface area contributed by atoms with Crippen LogP contribution in [0.15, 0.2) is 67.1 Å². The molecule has 8 nitrogen and oxygen atoms in total. The van der Waals surface area contributed by atoms with E-state index in [1.54, 1.807) is 19.6 Å². The largest absolute Gasteiger partial charge is 0.497 e. The molecule has 1 aliphatic rings. The van der Waals surface area contributed by atoms with Crippen molar-refractivity contribution in [3.05, 3.63) is 67.1 Å². The molecule has 32 heavy (non-hydrogen) atoms. The summed E-state index contributed by atoms with van der Waals surface area (Å²) in [5, 5.41) is 4.39. The highest BCUT2D eigenvalue weighted by Crippen LogP contribution is 2.32. The van der Waals surface area contributed by atoms with E-state index in [1.807, 2.05) is 42.5 Å².